The number of amides is 2. The summed E-state index contributed by atoms with van der Waals surface area (Å²) in [4.78, 5) is 25.4. The molecule has 7 heteroatoms. The average Bonchev–Trinajstić information content (AvgIpc) is 2.51. The molecule has 1 aromatic carbocycles. The minimum Gasteiger partial charge on any atom is -0.391 e. The predicted octanol–water partition coefficient (Wildman–Crippen LogP) is 0.220. The molecule has 0 radical (unpaired) electrons. The molecular formula is C17H25N3O4. The molecule has 0 saturated carbocycles. The van der Waals surface area contributed by atoms with Crippen LogP contribution in [0.15, 0.2) is 24.3 Å². The van der Waals surface area contributed by atoms with Gasteiger partial charge in [0.15, 0.2) is 0 Å². The van der Waals surface area contributed by atoms with Gasteiger partial charge < -0.3 is 10.4 Å². The number of aliphatic hydroxyl groups excluding tert-OH is 1. The number of hydroxylamine groups is 1. The van der Waals surface area contributed by atoms with Crippen molar-refractivity contribution in [2.24, 2.45) is 0 Å². The third-order valence-electron chi connectivity index (χ3n) is 2.94. The topological polar surface area (TPSA) is 102 Å². The molecule has 0 aliphatic heterocycles. The van der Waals surface area contributed by atoms with Gasteiger partial charge in [-0.1, -0.05) is 19.3 Å². The molecule has 0 aliphatic carbocycles. The van der Waals surface area contributed by atoms with Crippen LogP contribution in [-0.2, 0) is 4.79 Å². The first-order chi connectivity index (χ1) is 10.8. The zero-order valence-corrected chi connectivity index (χ0v) is 13.3. The molecular weight excluding hydrogens is 310 g/mol. The normalized spacial score (nSPS) is 12.2. The summed E-state index contributed by atoms with van der Waals surface area (Å²) < 4.78 is 0. The van der Waals surface area contributed by atoms with Gasteiger partial charge in [0.25, 0.3) is 11.8 Å². The number of carbonyl (C=O) groups is 2. The molecule has 2 amide bonds. The van der Waals surface area contributed by atoms with Crippen LogP contribution in [0.4, 0.5) is 0 Å². The van der Waals surface area contributed by atoms with Crippen LogP contribution in [-0.4, -0.2) is 59.8 Å². The molecule has 2 atom stereocenters. The summed E-state index contributed by atoms with van der Waals surface area (Å²) in [5.74, 6) is 4.52. The number of carbonyl (C=O) groups excluding carboxylic acids is 2. The lowest BCUT2D eigenvalue weighted by atomic mass is 10.1. The Bertz CT molecular complexity index is 601. The Labute approximate surface area is 142 Å². The van der Waals surface area contributed by atoms with E-state index < -0.39 is 24.0 Å². The molecule has 0 heterocycles. The van der Waals surface area contributed by atoms with Gasteiger partial charge in [-0.2, -0.15) is 0 Å². The lowest BCUT2D eigenvalue weighted by Crippen LogP contribution is -2.51. The highest BCUT2D eigenvalue weighted by Crippen LogP contribution is 2.05. The summed E-state index contributed by atoms with van der Waals surface area (Å²) in [6, 6.07) is 5.30. The Hall–Kier alpha value is -2.40. The fourth-order valence-corrected chi connectivity index (χ4v) is 1.70. The molecule has 0 fully saturated rings. The van der Waals surface area contributed by atoms with Crippen molar-refractivity contribution < 1.29 is 19.9 Å². The Balaban J connectivity index is 0.00000529. The van der Waals surface area contributed by atoms with E-state index >= 15 is 0 Å². The first-order valence-electron chi connectivity index (χ1n) is 7.01. The van der Waals surface area contributed by atoms with Crippen molar-refractivity contribution >= 4 is 11.8 Å². The number of benzene rings is 1. The summed E-state index contributed by atoms with van der Waals surface area (Å²) >= 11 is 0. The molecule has 0 spiro atoms. The van der Waals surface area contributed by atoms with Crippen LogP contribution in [0.1, 0.15) is 30.3 Å². The van der Waals surface area contributed by atoms with Crippen molar-refractivity contribution in [2.45, 2.75) is 26.5 Å². The Morgan fingerprint density at radius 3 is 2.29 bits per heavy atom. The van der Waals surface area contributed by atoms with Gasteiger partial charge in [0.1, 0.15) is 6.04 Å². The van der Waals surface area contributed by atoms with E-state index in [2.05, 4.69) is 17.2 Å². The zero-order chi connectivity index (χ0) is 17.4. The third-order valence-corrected chi connectivity index (χ3v) is 2.94. The maximum absolute atomic E-state index is 12.1. The molecule has 0 unspecified atom stereocenters. The minimum atomic E-state index is -1.24. The van der Waals surface area contributed by atoms with Crippen molar-refractivity contribution in [1.82, 2.24) is 15.7 Å². The van der Waals surface area contributed by atoms with E-state index in [9.17, 15) is 14.7 Å². The lowest BCUT2D eigenvalue weighted by molar-refractivity contribution is -0.133. The fourth-order valence-electron chi connectivity index (χ4n) is 1.70. The van der Waals surface area contributed by atoms with Gasteiger partial charge in [0.05, 0.1) is 12.6 Å². The molecule has 0 aliphatic rings. The number of hydrogen-bond acceptors (Lipinski definition) is 5. The van der Waals surface area contributed by atoms with E-state index in [1.54, 1.807) is 24.3 Å². The highest BCUT2D eigenvalue weighted by Gasteiger charge is 2.25. The lowest BCUT2D eigenvalue weighted by Gasteiger charge is -2.19. The molecule has 7 nitrogen and oxygen atoms in total. The highest BCUT2D eigenvalue weighted by molar-refractivity contribution is 5.97. The summed E-state index contributed by atoms with van der Waals surface area (Å²) in [6.07, 6.45) is -1.15. The Morgan fingerprint density at radius 1 is 1.25 bits per heavy atom. The monoisotopic (exact) mass is 335 g/mol. The maximum atomic E-state index is 12.1. The summed E-state index contributed by atoms with van der Waals surface area (Å²) in [5.41, 5.74) is 2.49. The number of nitrogens with one attached hydrogen (secondary N) is 2. The van der Waals surface area contributed by atoms with Gasteiger partial charge in [-0.15, -0.1) is 0 Å². The van der Waals surface area contributed by atoms with E-state index in [1.807, 2.05) is 19.0 Å². The van der Waals surface area contributed by atoms with Crippen LogP contribution in [0.2, 0.25) is 0 Å². The molecule has 0 bridgehead atoms. The summed E-state index contributed by atoms with van der Waals surface area (Å²) in [7, 11) is 3.84. The van der Waals surface area contributed by atoms with E-state index in [0.29, 0.717) is 12.1 Å². The smallest absolute Gasteiger partial charge is 0.268 e. The number of nitrogens with zero attached hydrogens (tertiary/aromatic N) is 1. The highest BCUT2D eigenvalue weighted by atomic mass is 16.5. The van der Waals surface area contributed by atoms with Crippen molar-refractivity contribution in [3.05, 3.63) is 35.4 Å². The molecule has 0 saturated heterocycles. The minimum absolute atomic E-state index is 0. The van der Waals surface area contributed by atoms with Crippen LogP contribution in [0.25, 0.3) is 0 Å². The summed E-state index contributed by atoms with van der Waals surface area (Å²) in [5, 5.41) is 20.5. The van der Waals surface area contributed by atoms with E-state index in [4.69, 9.17) is 5.21 Å². The molecule has 1 rings (SSSR count). The second kappa shape index (κ2) is 10.4. The molecule has 0 aromatic heterocycles. The molecule has 1 aromatic rings. The van der Waals surface area contributed by atoms with E-state index in [-0.39, 0.29) is 7.43 Å². The van der Waals surface area contributed by atoms with E-state index in [0.717, 1.165) is 5.56 Å². The first-order valence-corrected chi connectivity index (χ1v) is 7.01. The fraction of sp³-hybridized carbons (Fsp3) is 0.412. The average molecular weight is 335 g/mol. The second-order valence-electron chi connectivity index (χ2n) is 5.28. The van der Waals surface area contributed by atoms with Crippen LogP contribution < -0.4 is 10.8 Å². The molecule has 24 heavy (non-hydrogen) atoms. The van der Waals surface area contributed by atoms with Crippen molar-refractivity contribution in [3.63, 3.8) is 0 Å². The zero-order valence-electron chi connectivity index (χ0n) is 13.3. The van der Waals surface area contributed by atoms with Gasteiger partial charge in [0.2, 0.25) is 0 Å². The molecule has 132 valence electrons. The van der Waals surface area contributed by atoms with Gasteiger partial charge >= 0.3 is 0 Å². The van der Waals surface area contributed by atoms with Crippen molar-refractivity contribution in [2.75, 3.05) is 20.6 Å². The third kappa shape index (κ3) is 6.79. The van der Waals surface area contributed by atoms with E-state index in [1.165, 1.54) is 12.4 Å². The second-order valence-corrected chi connectivity index (χ2v) is 5.28. The molecule has 4 N–H and O–H groups in total. The largest absolute Gasteiger partial charge is 0.391 e. The number of aliphatic hydroxyl groups is 1. The van der Waals surface area contributed by atoms with Crippen LogP contribution >= 0.6 is 0 Å². The standard InChI is InChI=1S/C16H21N3O4.CH4/c1-11(20)14(16(22)18-23)17-15(21)13-8-6-12(7-9-13)5-4-10-19(2)3;/h6-9,11,14,20,23H,10H2,1-3H3,(H,17,21)(H,18,22);1H4/t11-,14+;/m1./s1. The van der Waals surface area contributed by atoms with Gasteiger partial charge in [-0.3, -0.25) is 19.7 Å². The predicted molar refractivity (Wildman–Crippen MR) is 91.5 cm³/mol. The number of rotatable bonds is 5. The van der Waals surface area contributed by atoms with Crippen molar-refractivity contribution in [3.8, 4) is 11.8 Å². The van der Waals surface area contributed by atoms with Gasteiger partial charge in [0, 0.05) is 11.1 Å². The van der Waals surface area contributed by atoms with Crippen LogP contribution in [0.3, 0.4) is 0 Å². The Morgan fingerprint density at radius 2 is 1.83 bits per heavy atom. The first kappa shape index (κ1) is 21.6. The quantitative estimate of drug-likeness (QED) is 0.350. The Kier molecular flexibility index (Phi) is 9.35. The van der Waals surface area contributed by atoms with Crippen LogP contribution in [0.5, 0.6) is 0 Å². The summed E-state index contributed by atoms with van der Waals surface area (Å²) in [6.45, 7) is 1.97. The van der Waals surface area contributed by atoms with Gasteiger partial charge in [-0.05, 0) is 45.3 Å². The maximum Gasteiger partial charge on any atom is 0.268 e. The van der Waals surface area contributed by atoms with Gasteiger partial charge in [-0.25, -0.2) is 5.48 Å². The van der Waals surface area contributed by atoms with Crippen molar-refractivity contribution in [1.29, 1.82) is 0 Å². The SMILES string of the molecule is C.C[C@@H](O)[C@H](NC(=O)c1ccc(C#CCN(C)C)cc1)C(=O)NO. The number of hydrogen-bond donors (Lipinski definition) is 4. The van der Waals surface area contributed by atoms with Crippen LogP contribution in [0, 0.1) is 11.8 Å².